The first-order valence-corrected chi connectivity index (χ1v) is 21.5. The zero-order valence-corrected chi connectivity index (χ0v) is 33.8. The number of hydrogen-bond acceptors (Lipinski definition) is 5. The van der Waals surface area contributed by atoms with Gasteiger partial charge in [0, 0.05) is 12.8 Å². The molecule has 0 bridgehead atoms. The lowest BCUT2D eigenvalue weighted by molar-refractivity contribution is -0.161. The predicted octanol–water partition coefficient (Wildman–Crippen LogP) is 13.7. The highest BCUT2D eigenvalue weighted by atomic mass is 16.6. The van der Waals surface area contributed by atoms with Crippen molar-refractivity contribution >= 4 is 11.9 Å². The van der Waals surface area contributed by atoms with E-state index in [0.717, 1.165) is 77.0 Å². The van der Waals surface area contributed by atoms with Crippen LogP contribution in [0.4, 0.5) is 0 Å². The highest BCUT2D eigenvalue weighted by Crippen LogP contribution is 2.13. The van der Waals surface area contributed by atoms with E-state index in [-0.39, 0.29) is 25.2 Å². The monoisotopic (exact) mass is 725 g/mol. The van der Waals surface area contributed by atoms with Crippen LogP contribution in [0, 0.1) is 0 Å². The number of hydrogen-bond donors (Lipinski definition) is 1. The summed E-state index contributed by atoms with van der Waals surface area (Å²) in [5, 5.41) is 9.58. The number of aliphatic hydroxyl groups is 1. The average Bonchev–Trinajstić information content (AvgIpc) is 3.15. The Balaban J connectivity index is 3.62. The first kappa shape index (κ1) is 49.3. The molecule has 0 aromatic rings. The second-order valence-electron chi connectivity index (χ2n) is 14.0. The lowest BCUT2D eigenvalue weighted by Gasteiger charge is -2.15. The summed E-state index contributed by atoms with van der Waals surface area (Å²) in [6.45, 7) is 3.99. The molecule has 0 fully saturated rings. The molecule has 0 saturated heterocycles. The highest BCUT2D eigenvalue weighted by molar-refractivity contribution is 5.70. The minimum Gasteiger partial charge on any atom is -0.462 e. The Bertz CT molecular complexity index is 957. The molecule has 1 N–H and O–H groups in total. The fourth-order valence-corrected chi connectivity index (χ4v) is 5.75. The van der Waals surface area contributed by atoms with Crippen molar-refractivity contribution in [2.45, 2.75) is 200 Å². The van der Waals surface area contributed by atoms with Gasteiger partial charge in [-0.2, -0.15) is 0 Å². The van der Waals surface area contributed by atoms with Crippen molar-refractivity contribution in [2.75, 3.05) is 13.2 Å². The van der Waals surface area contributed by atoms with Gasteiger partial charge in [0.25, 0.3) is 0 Å². The number of unbranched alkanes of at least 4 members (excludes halogenated alkanes) is 18. The van der Waals surface area contributed by atoms with Crippen molar-refractivity contribution in [1.82, 2.24) is 0 Å². The molecule has 0 saturated carbocycles. The fraction of sp³-hybridized carbons (Fsp3) is 0.702. The number of allylic oxidation sites excluding steroid dienone is 12. The lowest BCUT2D eigenvalue weighted by atomic mass is 10.1. The lowest BCUT2D eigenvalue weighted by Crippen LogP contribution is -2.28. The smallest absolute Gasteiger partial charge is 0.306 e. The maximum absolute atomic E-state index is 12.2. The van der Waals surface area contributed by atoms with E-state index in [9.17, 15) is 14.7 Å². The SMILES string of the molecule is CCC=CCC=CCC=CCC=CCC=CCCCCCC(=O)OC[C@H](CO)OC(=O)CCCCCCCCCCCC=CCCCCCCCC. The van der Waals surface area contributed by atoms with Crippen LogP contribution >= 0.6 is 0 Å². The number of carbonyl (C=O) groups excluding carboxylic acids is 2. The number of carbonyl (C=O) groups is 2. The van der Waals surface area contributed by atoms with E-state index < -0.39 is 6.10 Å². The normalized spacial score (nSPS) is 12.9. The number of esters is 2. The van der Waals surface area contributed by atoms with Gasteiger partial charge in [-0.25, -0.2) is 0 Å². The van der Waals surface area contributed by atoms with Gasteiger partial charge in [-0.3, -0.25) is 9.59 Å². The average molecular weight is 725 g/mol. The Kier molecular flexibility index (Phi) is 40.6. The number of aliphatic hydroxyl groups excluding tert-OH is 1. The Morgan fingerprint density at radius 2 is 0.827 bits per heavy atom. The summed E-state index contributed by atoms with van der Waals surface area (Å²) in [5.74, 6) is -0.633. The van der Waals surface area contributed by atoms with E-state index >= 15 is 0 Å². The van der Waals surface area contributed by atoms with Gasteiger partial charge in [-0.15, -0.1) is 0 Å². The first-order chi connectivity index (χ1) is 25.6. The van der Waals surface area contributed by atoms with Crippen LogP contribution in [0.25, 0.3) is 0 Å². The van der Waals surface area contributed by atoms with Crippen LogP contribution in [0.2, 0.25) is 0 Å². The van der Waals surface area contributed by atoms with Gasteiger partial charge < -0.3 is 14.6 Å². The van der Waals surface area contributed by atoms with Crippen molar-refractivity contribution < 1.29 is 24.2 Å². The Hall–Kier alpha value is -2.66. The Labute approximate surface area is 321 Å². The summed E-state index contributed by atoms with van der Waals surface area (Å²) in [6.07, 6.45) is 56.8. The van der Waals surface area contributed by atoms with Crippen LogP contribution in [0.15, 0.2) is 72.9 Å². The van der Waals surface area contributed by atoms with Gasteiger partial charge in [0.05, 0.1) is 6.61 Å². The fourth-order valence-electron chi connectivity index (χ4n) is 5.75. The van der Waals surface area contributed by atoms with Crippen LogP contribution in [0.1, 0.15) is 194 Å². The standard InChI is InChI=1S/C47H80O5/c1-3-5-7-9-11-13-15-17-19-21-23-25-27-29-31-33-35-37-39-41-46(49)51-44-45(43-48)52-47(50)42-40-38-36-34-32-30-28-26-24-22-20-18-16-14-12-10-8-6-4-2/h5,7,11,13,17-20,23,25,29,31,45,48H,3-4,6,8-10,12,14-16,21-22,24,26-28,30,32-44H2,1-2H3/t45-/m0/s1. The van der Waals surface area contributed by atoms with E-state index in [0.29, 0.717) is 12.8 Å². The third kappa shape index (κ3) is 40.1. The maximum Gasteiger partial charge on any atom is 0.306 e. The minimum absolute atomic E-state index is 0.0867. The van der Waals surface area contributed by atoms with Gasteiger partial charge in [0.15, 0.2) is 6.10 Å². The van der Waals surface area contributed by atoms with Gasteiger partial charge in [-0.05, 0) is 83.5 Å². The molecule has 52 heavy (non-hydrogen) atoms. The molecular weight excluding hydrogens is 645 g/mol. The summed E-state index contributed by atoms with van der Waals surface area (Å²) in [5.41, 5.74) is 0. The summed E-state index contributed by atoms with van der Waals surface area (Å²) in [6, 6.07) is 0. The van der Waals surface area contributed by atoms with Gasteiger partial charge in [0.1, 0.15) is 6.61 Å². The van der Waals surface area contributed by atoms with Gasteiger partial charge >= 0.3 is 11.9 Å². The predicted molar refractivity (Wildman–Crippen MR) is 223 cm³/mol. The Morgan fingerprint density at radius 3 is 1.29 bits per heavy atom. The summed E-state index contributed by atoms with van der Waals surface area (Å²) >= 11 is 0. The molecule has 5 heteroatoms. The molecule has 0 rings (SSSR count). The third-order valence-electron chi connectivity index (χ3n) is 8.98. The quantitative estimate of drug-likeness (QED) is 0.0390. The molecule has 0 aromatic carbocycles. The maximum atomic E-state index is 12.2. The van der Waals surface area contributed by atoms with Crippen LogP contribution in [-0.4, -0.2) is 36.4 Å². The van der Waals surface area contributed by atoms with Crippen molar-refractivity contribution in [1.29, 1.82) is 0 Å². The molecule has 1 atom stereocenters. The largest absolute Gasteiger partial charge is 0.462 e. The highest BCUT2D eigenvalue weighted by Gasteiger charge is 2.16. The number of ether oxygens (including phenoxy) is 2. The number of rotatable bonds is 38. The molecule has 0 amide bonds. The topological polar surface area (TPSA) is 72.8 Å². The van der Waals surface area contributed by atoms with E-state index in [2.05, 4.69) is 86.8 Å². The summed E-state index contributed by atoms with van der Waals surface area (Å²) in [7, 11) is 0. The first-order valence-electron chi connectivity index (χ1n) is 21.5. The van der Waals surface area contributed by atoms with E-state index in [1.54, 1.807) is 0 Å². The second-order valence-corrected chi connectivity index (χ2v) is 14.0. The zero-order valence-electron chi connectivity index (χ0n) is 33.8. The van der Waals surface area contributed by atoms with Crippen molar-refractivity contribution in [3.05, 3.63) is 72.9 Å². The molecule has 0 aromatic heterocycles. The summed E-state index contributed by atoms with van der Waals surface area (Å²) < 4.78 is 10.6. The molecule has 298 valence electrons. The molecule has 5 nitrogen and oxygen atoms in total. The minimum atomic E-state index is -0.789. The molecule has 0 unspecified atom stereocenters. The third-order valence-corrected chi connectivity index (χ3v) is 8.98. The van der Waals surface area contributed by atoms with E-state index in [1.807, 2.05) is 0 Å². The van der Waals surface area contributed by atoms with E-state index in [4.69, 9.17) is 9.47 Å². The van der Waals surface area contributed by atoms with E-state index in [1.165, 1.54) is 89.9 Å². The molecule has 0 aliphatic rings. The van der Waals surface area contributed by atoms with Crippen molar-refractivity contribution in [3.63, 3.8) is 0 Å². The molecule has 0 aliphatic heterocycles. The molecule has 0 aliphatic carbocycles. The molecule has 0 spiro atoms. The van der Waals surface area contributed by atoms with Gasteiger partial charge in [-0.1, -0.05) is 170 Å². The van der Waals surface area contributed by atoms with Crippen LogP contribution in [0.5, 0.6) is 0 Å². The Morgan fingerprint density at radius 1 is 0.462 bits per heavy atom. The van der Waals surface area contributed by atoms with Crippen molar-refractivity contribution in [2.24, 2.45) is 0 Å². The van der Waals surface area contributed by atoms with Crippen molar-refractivity contribution in [3.8, 4) is 0 Å². The molecule has 0 radical (unpaired) electrons. The zero-order chi connectivity index (χ0) is 37.8. The van der Waals surface area contributed by atoms with Crippen LogP contribution in [-0.2, 0) is 19.1 Å². The molecular formula is C47H80O5. The summed E-state index contributed by atoms with van der Waals surface area (Å²) in [4.78, 5) is 24.3. The van der Waals surface area contributed by atoms with Crippen LogP contribution < -0.4 is 0 Å². The van der Waals surface area contributed by atoms with Gasteiger partial charge in [0.2, 0.25) is 0 Å². The van der Waals surface area contributed by atoms with Crippen LogP contribution in [0.3, 0.4) is 0 Å². The second kappa shape index (κ2) is 42.8. The molecule has 0 heterocycles.